The van der Waals surface area contributed by atoms with E-state index in [0.29, 0.717) is 23.4 Å². The van der Waals surface area contributed by atoms with Crippen LogP contribution in [0.3, 0.4) is 0 Å². The van der Waals surface area contributed by atoms with Gasteiger partial charge >= 0.3 is 0 Å². The highest BCUT2D eigenvalue weighted by Gasteiger charge is 2.32. The number of hydrogen-bond donors (Lipinski definition) is 3. The van der Waals surface area contributed by atoms with Crippen LogP contribution in [0.1, 0.15) is 55.6 Å². The smallest absolute Gasteiger partial charge is 0.237 e. The van der Waals surface area contributed by atoms with Crippen LogP contribution in [-0.4, -0.2) is 35.4 Å². The zero-order chi connectivity index (χ0) is 24.9. The molecule has 3 N–H and O–H groups in total. The van der Waals surface area contributed by atoms with Gasteiger partial charge in [0.1, 0.15) is 0 Å². The molecule has 1 aliphatic heterocycles. The van der Waals surface area contributed by atoms with Gasteiger partial charge in [-0.3, -0.25) is 9.59 Å². The lowest BCUT2D eigenvalue weighted by atomic mass is 9.84. The number of aromatic nitrogens is 1. The highest BCUT2D eigenvalue weighted by atomic mass is 32.1. The molecule has 36 heavy (non-hydrogen) atoms. The van der Waals surface area contributed by atoms with Gasteiger partial charge in [0.25, 0.3) is 0 Å². The largest absolute Gasteiger partial charge is 0.352 e. The van der Waals surface area contributed by atoms with E-state index in [4.69, 9.17) is 0 Å². The summed E-state index contributed by atoms with van der Waals surface area (Å²) in [6.07, 6.45) is 5.10. The number of nitrogens with one attached hydrogen (secondary N) is 3. The van der Waals surface area contributed by atoms with E-state index in [-0.39, 0.29) is 23.9 Å². The maximum atomic E-state index is 12.8. The fourth-order valence-corrected chi connectivity index (χ4v) is 6.08. The molecule has 2 atom stereocenters. The van der Waals surface area contributed by atoms with Gasteiger partial charge in [0, 0.05) is 30.0 Å². The van der Waals surface area contributed by atoms with Crippen molar-refractivity contribution in [2.45, 2.75) is 63.5 Å². The summed E-state index contributed by atoms with van der Waals surface area (Å²) in [5.41, 5.74) is 4.45. The SMILES string of the molecule is Cc1ccc(-c2csc(NC(=O)CC3CCC(NC(=O)[C@@H]4C[C@@H](c5ccccc5)CN4)CC3)n2)cc1. The average molecular weight is 503 g/mol. The minimum atomic E-state index is -0.123. The van der Waals surface area contributed by atoms with Crippen molar-refractivity contribution in [3.8, 4) is 11.3 Å². The number of carbonyl (C=O) groups is 2. The Morgan fingerprint density at radius 2 is 1.78 bits per heavy atom. The van der Waals surface area contributed by atoms with Crippen molar-refractivity contribution in [2.75, 3.05) is 11.9 Å². The summed E-state index contributed by atoms with van der Waals surface area (Å²) in [5.74, 6) is 0.876. The summed E-state index contributed by atoms with van der Waals surface area (Å²) >= 11 is 1.46. The average Bonchev–Trinajstić information content (AvgIpc) is 3.57. The van der Waals surface area contributed by atoms with E-state index in [1.165, 1.54) is 22.5 Å². The van der Waals surface area contributed by atoms with Gasteiger partial charge in [-0.2, -0.15) is 0 Å². The summed E-state index contributed by atoms with van der Waals surface area (Å²) < 4.78 is 0. The first-order valence-corrected chi connectivity index (χ1v) is 13.8. The van der Waals surface area contributed by atoms with Crippen LogP contribution in [0.2, 0.25) is 0 Å². The van der Waals surface area contributed by atoms with E-state index in [2.05, 4.69) is 76.4 Å². The van der Waals surface area contributed by atoms with E-state index < -0.39 is 0 Å². The Kier molecular flexibility index (Phi) is 7.78. The van der Waals surface area contributed by atoms with Crippen molar-refractivity contribution in [1.82, 2.24) is 15.6 Å². The molecule has 2 aliphatic rings. The Morgan fingerprint density at radius 3 is 2.53 bits per heavy atom. The summed E-state index contributed by atoms with van der Waals surface area (Å²) in [7, 11) is 0. The van der Waals surface area contributed by atoms with Gasteiger partial charge in [-0.15, -0.1) is 11.3 Å². The van der Waals surface area contributed by atoms with Crippen LogP contribution in [0.15, 0.2) is 60.0 Å². The van der Waals surface area contributed by atoms with Gasteiger partial charge in [-0.1, -0.05) is 60.2 Å². The molecule has 0 unspecified atom stereocenters. The molecule has 2 heterocycles. The fraction of sp³-hybridized carbons (Fsp3) is 0.414. The zero-order valence-corrected chi connectivity index (χ0v) is 21.5. The molecule has 2 amide bonds. The van der Waals surface area contributed by atoms with Crippen LogP contribution in [-0.2, 0) is 9.59 Å². The maximum Gasteiger partial charge on any atom is 0.237 e. The van der Waals surface area contributed by atoms with Gasteiger partial charge in [-0.05, 0) is 56.4 Å². The van der Waals surface area contributed by atoms with E-state index in [1.54, 1.807) is 0 Å². The first-order chi connectivity index (χ1) is 17.5. The summed E-state index contributed by atoms with van der Waals surface area (Å²) in [5, 5.41) is 12.3. The number of amides is 2. The predicted octanol–water partition coefficient (Wildman–Crippen LogP) is 5.27. The molecule has 1 saturated heterocycles. The second-order valence-corrected chi connectivity index (χ2v) is 11.0. The van der Waals surface area contributed by atoms with Gasteiger partial charge in [-0.25, -0.2) is 4.98 Å². The topological polar surface area (TPSA) is 83.1 Å². The highest BCUT2D eigenvalue weighted by molar-refractivity contribution is 7.14. The van der Waals surface area contributed by atoms with Gasteiger partial charge in [0.15, 0.2) is 5.13 Å². The van der Waals surface area contributed by atoms with Crippen molar-refractivity contribution in [1.29, 1.82) is 0 Å². The third kappa shape index (κ3) is 6.20. The third-order valence-electron chi connectivity index (χ3n) is 7.48. The first-order valence-electron chi connectivity index (χ1n) is 12.9. The highest BCUT2D eigenvalue weighted by Crippen LogP contribution is 2.30. The molecule has 7 heteroatoms. The lowest BCUT2D eigenvalue weighted by Gasteiger charge is -2.29. The molecule has 0 radical (unpaired) electrons. The van der Waals surface area contributed by atoms with E-state index in [1.807, 2.05) is 11.4 Å². The molecule has 6 nitrogen and oxygen atoms in total. The Balaban J connectivity index is 1.03. The molecule has 1 aromatic heterocycles. The number of benzene rings is 2. The van der Waals surface area contributed by atoms with Crippen molar-refractivity contribution < 1.29 is 9.59 Å². The van der Waals surface area contributed by atoms with Crippen LogP contribution in [0, 0.1) is 12.8 Å². The van der Waals surface area contributed by atoms with Crippen LogP contribution in [0.25, 0.3) is 11.3 Å². The van der Waals surface area contributed by atoms with Crippen LogP contribution < -0.4 is 16.0 Å². The Morgan fingerprint density at radius 1 is 1.03 bits per heavy atom. The summed E-state index contributed by atoms with van der Waals surface area (Å²) in [6, 6.07) is 18.7. The van der Waals surface area contributed by atoms with Crippen LogP contribution in [0.5, 0.6) is 0 Å². The lowest BCUT2D eigenvalue weighted by Crippen LogP contribution is -2.46. The quantitative estimate of drug-likeness (QED) is 0.411. The molecule has 0 spiro atoms. The number of nitrogens with zero attached hydrogens (tertiary/aromatic N) is 1. The molecular formula is C29H34N4O2S. The monoisotopic (exact) mass is 502 g/mol. The zero-order valence-electron chi connectivity index (χ0n) is 20.7. The number of aryl methyl sites for hydroxylation is 1. The Bertz CT molecular complexity index is 1170. The second kappa shape index (κ2) is 11.4. The van der Waals surface area contributed by atoms with Crippen molar-refractivity contribution in [3.63, 3.8) is 0 Å². The number of rotatable bonds is 7. The van der Waals surface area contributed by atoms with Gasteiger partial charge < -0.3 is 16.0 Å². The standard InChI is InChI=1S/C29H34N4O2S/c1-19-7-11-22(12-8-19)26-18-36-29(32-26)33-27(34)15-20-9-13-24(14-10-20)31-28(35)25-16-23(17-30-25)21-5-3-2-4-6-21/h2-8,11-12,18,20,23-25,30H,9-10,13-17H2,1H3,(H,31,35)(H,32,33,34)/t20?,23-,24?,25+/m1/s1. The molecule has 1 saturated carbocycles. The summed E-state index contributed by atoms with van der Waals surface area (Å²) in [4.78, 5) is 30.0. The number of thiazole rings is 1. The number of hydrogen-bond acceptors (Lipinski definition) is 5. The Hall–Kier alpha value is -3.03. The third-order valence-corrected chi connectivity index (χ3v) is 8.24. The second-order valence-electron chi connectivity index (χ2n) is 10.2. The number of anilines is 1. The minimum Gasteiger partial charge on any atom is -0.352 e. The van der Waals surface area contributed by atoms with Crippen molar-refractivity contribution >= 4 is 28.3 Å². The van der Waals surface area contributed by atoms with Crippen molar-refractivity contribution in [3.05, 3.63) is 71.1 Å². The van der Waals surface area contributed by atoms with E-state index in [9.17, 15) is 9.59 Å². The van der Waals surface area contributed by atoms with Crippen LogP contribution >= 0.6 is 11.3 Å². The lowest BCUT2D eigenvalue weighted by molar-refractivity contribution is -0.124. The van der Waals surface area contributed by atoms with E-state index in [0.717, 1.165) is 49.9 Å². The summed E-state index contributed by atoms with van der Waals surface area (Å²) in [6.45, 7) is 2.90. The van der Waals surface area contributed by atoms with Gasteiger partial charge in [0.2, 0.25) is 11.8 Å². The predicted molar refractivity (Wildman–Crippen MR) is 145 cm³/mol. The molecule has 5 rings (SSSR count). The number of carbonyl (C=O) groups excluding carboxylic acids is 2. The normalized spacial score (nSPS) is 23.8. The Labute approximate surface area is 216 Å². The maximum absolute atomic E-state index is 12.8. The molecule has 2 fully saturated rings. The molecule has 0 bridgehead atoms. The van der Waals surface area contributed by atoms with Gasteiger partial charge in [0.05, 0.1) is 11.7 Å². The molecule has 3 aromatic rings. The van der Waals surface area contributed by atoms with E-state index >= 15 is 0 Å². The molecule has 1 aliphatic carbocycles. The minimum absolute atomic E-state index is 0.0226. The molecule has 188 valence electrons. The fourth-order valence-electron chi connectivity index (χ4n) is 5.35. The molecular weight excluding hydrogens is 468 g/mol. The van der Waals surface area contributed by atoms with Crippen molar-refractivity contribution in [2.24, 2.45) is 5.92 Å². The molecule has 2 aromatic carbocycles. The van der Waals surface area contributed by atoms with Crippen LogP contribution in [0.4, 0.5) is 5.13 Å². The first kappa shape index (κ1) is 24.7.